The van der Waals surface area contributed by atoms with Gasteiger partial charge in [0.05, 0.1) is 5.36 Å². The van der Waals surface area contributed by atoms with Gasteiger partial charge in [-0.05, 0) is 55.7 Å². The van der Waals surface area contributed by atoms with Gasteiger partial charge in [0.15, 0.2) is 4.77 Å². The number of fused-ring (bicyclic) bond motifs is 1. The Morgan fingerprint density at radius 3 is 2.38 bits per heavy atom. The molecular weight excluding hydrogens is 386 g/mol. The SMILES string of the molecule is CCCCn1c(O)c(-c2cc(C)c3ccc(=N)cc-3o2)c(=O)n(CCCC)c1=S. The highest BCUT2D eigenvalue weighted by Gasteiger charge is 2.22. The zero-order valence-corrected chi connectivity index (χ0v) is 17.9. The second kappa shape index (κ2) is 8.78. The van der Waals surface area contributed by atoms with Crippen LogP contribution in [0.1, 0.15) is 45.1 Å². The van der Waals surface area contributed by atoms with Gasteiger partial charge in [0.2, 0.25) is 5.88 Å². The summed E-state index contributed by atoms with van der Waals surface area (Å²) in [6.45, 7) is 7.07. The van der Waals surface area contributed by atoms with Gasteiger partial charge in [0.1, 0.15) is 17.1 Å². The van der Waals surface area contributed by atoms with Gasteiger partial charge in [-0.15, -0.1) is 0 Å². The molecule has 2 heterocycles. The molecule has 0 bridgehead atoms. The highest BCUT2D eigenvalue weighted by Crippen LogP contribution is 2.33. The summed E-state index contributed by atoms with van der Waals surface area (Å²) in [4.78, 5) is 13.3. The Bertz CT molecular complexity index is 1170. The summed E-state index contributed by atoms with van der Waals surface area (Å²) in [7, 11) is 0. The van der Waals surface area contributed by atoms with Gasteiger partial charge in [0, 0.05) is 24.7 Å². The zero-order chi connectivity index (χ0) is 21.1. The number of nitrogens with one attached hydrogen (secondary N) is 1. The smallest absolute Gasteiger partial charge is 0.269 e. The maximum Gasteiger partial charge on any atom is 0.269 e. The van der Waals surface area contributed by atoms with E-state index in [4.69, 9.17) is 22.0 Å². The lowest BCUT2D eigenvalue weighted by Gasteiger charge is -2.18. The quantitative estimate of drug-likeness (QED) is 0.543. The fraction of sp³-hybridized carbons (Fsp3) is 0.409. The van der Waals surface area contributed by atoms with Crippen molar-refractivity contribution in [1.29, 1.82) is 5.41 Å². The molecule has 0 radical (unpaired) electrons. The average molecular weight is 414 g/mol. The van der Waals surface area contributed by atoms with Gasteiger partial charge in [-0.2, -0.15) is 0 Å². The molecule has 6 nitrogen and oxygen atoms in total. The molecular formula is C22H27N3O3S. The first-order valence-corrected chi connectivity index (χ1v) is 10.5. The Morgan fingerprint density at radius 1 is 1.07 bits per heavy atom. The first kappa shape index (κ1) is 21.0. The van der Waals surface area contributed by atoms with E-state index < -0.39 is 0 Å². The second-order valence-corrected chi connectivity index (χ2v) is 7.67. The van der Waals surface area contributed by atoms with Crippen molar-refractivity contribution in [3.8, 4) is 28.5 Å². The van der Waals surface area contributed by atoms with Gasteiger partial charge in [-0.3, -0.25) is 13.9 Å². The Balaban J connectivity index is 2.32. The van der Waals surface area contributed by atoms with Crippen molar-refractivity contribution in [2.24, 2.45) is 0 Å². The van der Waals surface area contributed by atoms with E-state index in [0.717, 1.165) is 36.8 Å². The average Bonchev–Trinajstić information content (AvgIpc) is 2.67. The van der Waals surface area contributed by atoms with Crippen LogP contribution in [0.15, 0.2) is 33.5 Å². The third-order valence-electron chi connectivity index (χ3n) is 5.09. The van der Waals surface area contributed by atoms with E-state index in [0.29, 0.717) is 29.0 Å². The number of aromatic hydroxyl groups is 1. The third-order valence-corrected chi connectivity index (χ3v) is 5.53. The van der Waals surface area contributed by atoms with Crippen molar-refractivity contribution in [3.05, 3.63) is 50.3 Å². The monoisotopic (exact) mass is 413 g/mol. The van der Waals surface area contributed by atoms with Crippen molar-refractivity contribution in [2.75, 3.05) is 0 Å². The molecule has 0 saturated heterocycles. The molecule has 1 aromatic rings. The number of aryl methyl sites for hydroxylation is 1. The Hall–Kier alpha value is -2.67. The van der Waals surface area contributed by atoms with Crippen molar-refractivity contribution >= 4 is 12.2 Å². The molecule has 7 heteroatoms. The largest absolute Gasteiger partial charge is 0.494 e. The summed E-state index contributed by atoms with van der Waals surface area (Å²) in [5.74, 6) is 0.633. The number of benzene rings is 1. The van der Waals surface area contributed by atoms with Crippen LogP contribution >= 0.6 is 12.2 Å². The minimum atomic E-state index is -0.349. The maximum atomic E-state index is 13.3. The molecule has 0 spiro atoms. The third kappa shape index (κ3) is 4.05. The van der Waals surface area contributed by atoms with Crippen LogP contribution in [0, 0.1) is 17.1 Å². The van der Waals surface area contributed by atoms with E-state index in [9.17, 15) is 9.90 Å². The first-order chi connectivity index (χ1) is 13.9. The Kier molecular flexibility index (Phi) is 6.37. The molecule has 0 fully saturated rings. The lowest BCUT2D eigenvalue weighted by Crippen LogP contribution is -2.27. The van der Waals surface area contributed by atoms with Crippen LogP contribution in [0.4, 0.5) is 0 Å². The fourth-order valence-electron chi connectivity index (χ4n) is 3.41. The van der Waals surface area contributed by atoms with Crippen LogP contribution < -0.4 is 10.9 Å². The van der Waals surface area contributed by atoms with Gasteiger partial charge in [-0.1, -0.05) is 26.7 Å². The first-order valence-electron chi connectivity index (χ1n) is 10.0. The molecule has 0 atom stereocenters. The number of hydrogen-bond acceptors (Lipinski definition) is 5. The standard InChI is InChI=1S/C22H27N3O3S/c1-4-6-10-24-20(26)19(21(27)25(22(24)29)11-7-5-2)18-12-14(3)16-9-8-15(23)13-17(16)28-18/h8-9,12-13,23,26H,4-7,10-11H2,1-3H3. The summed E-state index contributed by atoms with van der Waals surface area (Å²) in [5.41, 5.74) is 1.54. The maximum absolute atomic E-state index is 13.3. The van der Waals surface area contributed by atoms with Crippen LogP contribution in [0.5, 0.6) is 5.88 Å². The number of rotatable bonds is 7. The number of hydrogen-bond donors (Lipinski definition) is 2. The summed E-state index contributed by atoms with van der Waals surface area (Å²) in [6.07, 6.45) is 3.52. The lowest BCUT2D eigenvalue weighted by molar-refractivity contribution is 0.388. The lowest BCUT2D eigenvalue weighted by atomic mass is 10.0. The molecule has 0 unspecified atom stereocenters. The number of unbranched alkanes of at least 4 members (excludes halogenated alkanes) is 2. The minimum absolute atomic E-state index is 0.117. The van der Waals surface area contributed by atoms with E-state index in [1.807, 2.05) is 13.0 Å². The molecule has 2 aliphatic rings. The van der Waals surface area contributed by atoms with Gasteiger partial charge < -0.3 is 14.9 Å². The van der Waals surface area contributed by atoms with Crippen LogP contribution in [-0.4, -0.2) is 14.2 Å². The predicted molar refractivity (Wildman–Crippen MR) is 116 cm³/mol. The fourth-order valence-corrected chi connectivity index (χ4v) is 3.77. The Labute approximate surface area is 174 Å². The molecule has 29 heavy (non-hydrogen) atoms. The summed E-state index contributed by atoms with van der Waals surface area (Å²) >= 11 is 5.53. The molecule has 0 aromatic carbocycles. The van der Waals surface area contributed by atoms with Crippen molar-refractivity contribution < 1.29 is 9.52 Å². The second-order valence-electron chi connectivity index (χ2n) is 7.30. The van der Waals surface area contributed by atoms with Crippen molar-refractivity contribution in [1.82, 2.24) is 9.13 Å². The highest BCUT2D eigenvalue weighted by atomic mass is 32.1. The highest BCUT2D eigenvalue weighted by molar-refractivity contribution is 7.71. The summed E-state index contributed by atoms with van der Waals surface area (Å²) in [6, 6.07) is 6.91. The van der Waals surface area contributed by atoms with Gasteiger partial charge in [0.25, 0.3) is 5.56 Å². The van der Waals surface area contributed by atoms with Crippen molar-refractivity contribution in [3.63, 3.8) is 0 Å². The molecule has 3 rings (SSSR count). The van der Waals surface area contributed by atoms with E-state index in [2.05, 4.69) is 13.8 Å². The normalized spacial score (nSPS) is 11.3. The van der Waals surface area contributed by atoms with E-state index in [1.54, 1.807) is 27.3 Å². The van der Waals surface area contributed by atoms with E-state index in [-0.39, 0.29) is 22.8 Å². The molecule has 154 valence electrons. The summed E-state index contributed by atoms with van der Waals surface area (Å²) in [5, 5.41) is 19.2. The van der Waals surface area contributed by atoms with Gasteiger partial charge >= 0.3 is 0 Å². The Morgan fingerprint density at radius 2 is 1.72 bits per heavy atom. The molecule has 0 amide bonds. The predicted octanol–water partition coefficient (Wildman–Crippen LogP) is 4.84. The van der Waals surface area contributed by atoms with E-state index >= 15 is 0 Å². The van der Waals surface area contributed by atoms with Crippen LogP contribution in [-0.2, 0) is 13.1 Å². The van der Waals surface area contributed by atoms with Crippen LogP contribution in [0.25, 0.3) is 22.6 Å². The minimum Gasteiger partial charge on any atom is -0.494 e. The van der Waals surface area contributed by atoms with E-state index in [1.165, 1.54) is 0 Å². The molecule has 0 saturated carbocycles. The molecule has 1 aromatic heterocycles. The molecule has 1 aliphatic carbocycles. The number of nitrogens with zero attached hydrogens (tertiary/aromatic N) is 2. The topological polar surface area (TPSA) is 84.2 Å². The zero-order valence-electron chi connectivity index (χ0n) is 17.1. The summed E-state index contributed by atoms with van der Waals surface area (Å²) < 4.78 is 9.51. The number of aromatic nitrogens is 2. The molecule has 1 aliphatic heterocycles. The van der Waals surface area contributed by atoms with Crippen LogP contribution in [0.2, 0.25) is 0 Å². The molecule has 2 N–H and O–H groups in total. The van der Waals surface area contributed by atoms with Crippen molar-refractivity contribution in [2.45, 2.75) is 59.5 Å². The van der Waals surface area contributed by atoms with Gasteiger partial charge in [-0.25, -0.2) is 0 Å². The van der Waals surface area contributed by atoms with Crippen LogP contribution in [0.3, 0.4) is 0 Å².